The van der Waals surface area contributed by atoms with Crippen LogP contribution in [0.2, 0.25) is 0 Å². The molecule has 15 heavy (non-hydrogen) atoms. The Hall–Kier alpha value is -1.61. The van der Waals surface area contributed by atoms with Crippen LogP contribution in [0, 0.1) is 0 Å². The number of carbonyl (C=O) groups excluding carboxylic acids is 1. The first kappa shape index (κ1) is 11.5. The molecule has 0 aliphatic rings. The highest BCUT2D eigenvalue weighted by Crippen LogP contribution is 2.12. The van der Waals surface area contributed by atoms with Crippen LogP contribution >= 0.6 is 0 Å². The minimum Gasteiger partial charge on any atom is -0.491 e. The second kappa shape index (κ2) is 6.79. The minimum atomic E-state index is 0.542. The van der Waals surface area contributed by atoms with E-state index in [9.17, 15) is 4.79 Å². The van der Waals surface area contributed by atoms with Crippen LogP contribution in [0.5, 0.6) is 5.75 Å². The van der Waals surface area contributed by atoms with E-state index in [0.29, 0.717) is 13.2 Å². The first-order chi connectivity index (χ1) is 7.36. The van der Waals surface area contributed by atoms with Crippen molar-refractivity contribution in [1.82, 2.24) is 0 Å². The maximum Gasteiger partial charge on any atom is 0.142 e. The number of carbonyl (C=O) groups is 1. The van der Waals surface area contributed by atoms with E-state index in [2.05, 4.69) is 0 Å². The Kier molecular flexibility index (Phi) is 5.19. The Balaban J connectivity index is 2.48. The molecule has 0 bridgehead atoms. The van der Waals surface area contributed by atoms with Gasteiger partial charge in [0, 0.05) is 7.11 Å². The summed E-state index contributed by atoms with van der Waals surface area (Å²) in [6.07, 6.45) is 3.95. The van der Waals surface area contributed by atoms with Crippen LogP contribution < -0.4 is 4.74 Å². The average Bonchev–Trinajstić information content (AvgIpc) is 2.28. The van der Waals surface area contributed by atoms with Gasteiger partial charge in [0.1, 0.15) is 18.6 Å². The van der Waals surface area contributed by atoms with Crippen molar-refractivity contribution in [2.45, 2.75) is 0 Å². The largest absolute Gasteiger partial charge is 0.491 e. The summed E-state index contributed by atoms with van der Waals surface area (Å²) in [7, 11) is 1.64. The molecule has 0 N–H and O–H groups in total. The molecule has 0 heterocycles. The summed E-state index contributed by atoms with van der Waals surface area (Å²) in [4.78, 5) is 10.1. The van der Waals surface area contributed by atoms with Gasteiger partial charge in [-0.05, 0) is 23.8 Å². The lowest BCUT2D eigenvalue weighted by atomic mass is 10.2. The van der Waals surface area contributed by atoms with Gasteiger partial charge < -0.3 is 9.47 Å². The van der Waals surface area contributed by atoms with Crippen LogP contribution in [0.25, 0.3) is 6.08 Å². The number of hydrogen-bond acceptors (Lipinski definition) is 3. The normalized spacial score (nSPS) is 10.5. The van der Waals surface area contributed by atoms with E-state index in [1.54, 1.807) is 13.2 Å². The standard InChI is InChI=1S/C12H14O3/c1-14-9-10-15-12-6-4-11(5-7-12)3-2-8-13/h2-8H,9-10H2,1H3. The maximum atomic E-state index is 10.1. The van der Waals surface area contributed by atoms with Crippen molar-refractivity contribution in [3.8, 4) is 5.75 Å². The van der Waals surface area contributed by atoms with Gasteiger partial charge in [-0.2, -0.15) is 0 Å². The Morgan fingerprint density at radius 2 is 1.93 bits per heavy atom. The van der Waals surface area contributed by atoms with Crippen molar-refractivity contribution in [3.05, 3.63) is 35.9 Å². The van der Waals surface area contributed by atoms with E-state index in [1.165, 1.54) is 6.08 Å². The van der Waals surface area contributed by atoms with Crippen molar-refractivity contribution in [2.24, 2.45) is 0 Å². The molecule has 0 amide bonds. The van der Waals surface area contributed by atoms with Gasteiger partial charge in [0.15, 0.2) is 0 Å². The lowest BCUT2D eigenvalue weighted by Gasteiger charge is -2.04. The molecule has 0 aliphatic heterocycles. The van der Waals surface area contributed by atoms with Gasteiger partial charge in [0.25, 0.3) is 0 Å². The Bertz CT molecular complexity index is 314. The number of benzene rings is 1. The lowest BCUT2D eigenvalue weighted by Crippen LogP contribution is -2.03. The summed E-state index contributed by atoms with van der Waals surface area (Å²) in [5, 5.41) is 0. The monoisotopic (exact) mass is 206 g/mol. The summed E-state index contributed by atoms with van der Waals surface area (Å²) in [5.74, 6) is 0.801. The van der Waals surface area contributed by atoms with Crippen LogP contribution in [0.1, 0.15) is 5.56 Å². The highest BCUT2D eigenvalue weighted by atomic mass is 16.5. The molecule has 80 valence electrons. The first-order valence-corrected chi connectivity index (χ1v) is 4.70. The number of methoxy groups -OCH3 is 1. The molecule has 0 atom stereocenters. The van der Waals surface area contributed by atoms with Crippen LogP contribution in [0.15, 0.2) is 30.3 Å². The van der Waals surface area contributed by atoms with Gasteiger partial charge in [-0.25, -0.2) is 0 Å². The Morgan fingerprint density at radius 1 is 1.20 bits per heavy atom. The molecule has 0 spiro atoms. The van der Waals surface area contributed by atoms with E-state index in [1.807, 2.05) is 24.3 Å². The molecule has 1 aromatic carbocycles. The van der Waals surface area contributed by atoms with Gasteiger partial charge in [-0.15, -0.1) is 0 Å². The number of allylic oxidation sites excluding steroid dienone is 1. The van der Waals surface area contributed by atoms with Gasteiger partial charge in [0.05, 0.1) is 6.61 Å². The quantitative estimate of drug-likeness (QED) is 0.405. The fraction of sp³-hybridized carbons (Fsp3) is 0.250. The molecular formula is C12H14O3. The first-order valence-electron chi connectivity index (χ1n) is 4.70. The number of aldehydes is 1. The van der Waals surface area contributed by atoms with Crippen LogP contribution in [0.4, 0.5) is 0 Å². The summed E-state index contributed by atoms with van der Waals surface area (Å²) in [6, 6.07) is 7.50. The smallest absolute Gasteiger partial charge is 0.142 e. The number of rotatable bonds is 6. The number of ether oxygens (including phenoxy) is 2. The molecule has 1 aromatic rings. The second-order valence-electron chi connectivity index (χ2n) is 2.91. The second-order valence-corrected chi connectivity index (χ2v) is 2.91. The van der Waals surface area contributed by atoms with E-state index in [4.69, 9.17) is 9.47 Å². The Morgan fingerprint density at radius 3 is 2.53 bits per heavy atom. The summed E-state index contributed by atoms with van der Waals surface area (Å²) in [6.45, 7) is 1.12. The summed E-state index contributed by atoms with van der Waals surface area (Å²) < 4.78 is 10.3. The van der Waals surface area contributed by atoms with Gasteiger partial charge in [0.2, 0.25) is 0 Å². The van der Waals surface area contributed by atoms with Gasteiger partial charge in [-0.1, -0.05) is 18.2 Å². The zero-order valence-corrected chi connectivity index (χ0v) is 8.68. The predicted octanol–water partition coefficient (Wildman–Crippen LogP) is 1.92. The van der Waals surface area contributed by atoms with E-state index in [-0.39, 0.29) is 0 Å². The summed E-state index contributed by atoms with van der Waals surface area (Å²) in [5.41, 5.74) is 0.973. The molecular weight excluding hydrogens is 192 g/mol. The minimum absolute atomic E-state index is 0.542. The fourth-order valence-electron chi connectivity index (χ4n) is 1.07. The number of hydrogen-bond donors (Lipinski definition) is 0. The van der Waals surface area contributed by atoms with Gasteiger partial charge >= 0.3 is 0 Å². The zero-order valence-electron chi connectivity index (χ0n) is 8.68. The van der Waals surface area contributed by atoms with E-state index >= 15 is 0 Å². The highest BCUT2D eigenvalue weighted by Gasteiger charge is 1.92. The maximum absolute atomic E-state index is 10.1. The molecule has 1 rings (SSSR count). The van der Waals surface area contributed by atoms with Crippen LogP contribution in [-0.4, -0.2) is 26.6 Å². The topological polar surface area (TPSA) is 35.5 Å². The molecule has 0 fully saturated rings. The zero-order chi connectivity index (χ0) is 10.9. The average molecular weight is 206 g/mol. The molecule has 0 saturated heterocycles. The molecule has 0 aliphatic carbocycles. The summed E-state index contributed by atoms with van der Waals surface area (Å²) >= 11 is 0. The SMILES string of the molecule is COCCOc1ccc(C=CC=O)cc1. The van der Waals surface area contributed by atoms with Crippen LogP contribution in [-0.2, 0) is 9.53 Å². The van der Waals surface area contributed by atoms with Crippen molar-refractivity contribution in [2.75, 3.05) is 20.3 Å². The fourth-order valence-corrected chi connectivity index (χ4v) is 1.07. The molecule has 0 saturated carbocycles. The molecule has 0 radical (unpaired) electrons. The van der Waals surface area contributed by atoms with Crippen molar-refractivity contribution in [1.29, 1.82) is 0 Å². The molecule has 0 unspecified atom stereocenters. The third-order valence-corrected chi connectivity index (χ3v) is 1.80. The molecule has 3 nitrogen and oxygen atoms in total. The molecule has 3 heteroatoms. The lowest BCUT2D eigenvalue weighted by molar-refractivity contribution is -0.104. The predicted molar refractivity (Wildman–Crippen MR) is 58.9 cm³/mol. The third-order valence-electron chi connectivity index (χ3n) is 1.80. The third kappa shape index (κ3) is 4.42. The van der Waals surface area contributed by atoms with Gasteiger partial charge in [-0.3, -0.25) is 4.79 Å². The Labute approximate surface area is 89.3 Å². The van der Waals surface area contributed by atoms with E-state index in [0.717, 1.165) is 17.6 Å². The van der Waals surface area contributed by atoms with Crippen molar-refractivity contribution >= 4 is 12.4 Å². The van der Waals surface area contributed by atoms with Crippen molar-refractivity contribution < 1.29 is 14.3 Å². The molecule has 0 aromatic heterocycles. The van der Waals surface area contributed by atoms with E-state index < -0.39 is 0 Å². The van der Waals surface area contributed by atoms with Crippen LogP contribution in [0.3, 0.4) is 0 Å². The highest BCUT2D eigenvalue weighted by molar-refractivity contribution is 5.73. The van der Waals surface area contributed by atoms with Crippen molar-refractivity contribution in [3.63, 3.8) is 0 Å².